The third kappa shape index (κ3) is 3.46. The third-order valence-corrected chi connectivity index (χ3v) is 6.12. The van der Waals surface area contributed by atoms with Gasteiger partial charge in [0.05, 0.1) is 10.4 Å². The number of carbonyl (C=O) groups is 1. The molecule has 0 aliphatic heterocycles. The van der Waals surface area contributed by atoms with Gasteiger partial charge < -0.3 is 11.1 Å². The molecule has 116 valence electrons. The van der Waals surface area contributed by atoms with Gasteiger partial charge in [0.15, 0.2) is 0 Å². The van der Waals surface area contributed by atoms with Gasteiger partial charge in [0.1, 0.15) is 0 Å². The molecule has 0 spiro atoms. The van der Waals surface area contributed by atoms with E-state index in [2.05, 4.69) is 30.6 Å². The quantitative estimate of drug-likeness (QED) is 0.816. The molecular formula is C16H24N2OS2. The lowest BCUT2D eigenvalue weighted by atomic mass is 9.73. The summed E-state index contributed by atoms with van der Waals surface area (Å²) >= 11 is 6.93. The van der Waals surface area contributed by atoms with Crippen molar-refractivity contribution in [2.24, 2.45) is 11.1 Å². The first-order valence-electron chi connectivity index (χ1n) is 7.51. The van der Waals surface area contributed by atoms with Gasteiger partial charge in [-0.25, -0.2) is 0 Å². The van der Waals surface area contributed by atoms with Crippen molar-refractivity contribution in [1.82, 2.24) is 5.32 Å². The molecule has 0 radical (unpaired) electrons. The Morgan fingerprint density at radius 2 is 2.10 bits per heavy atom. The van der Waals surface area contributed by atoms with Crippen molar-refractivity contribution in [2.75, 3.05) is 6.54 Å². The molecule has 1 aliphatic carbocycles. The fraction of sp³-hybridized carbons (Fsp3) is 0.625. The highest BCUT2D eigenvalue weighted by Crippen LogP contribution is 2.37. The number of rotatable bonds is 5. The number of thiophene rings is 1. The molecule has 1 aliphatic rings. The zero-order chi connectivity index (χ0) is 15.5. The Kier molecular flexibility index (Phi) is 5.04. The van der Waals surface area contributed by atoms with Crippen LogP contribution in [0, 0.1) is 5.41 Å². The van der Waals surface area contributed by atoms with Crippen LogP contribution in [-0.4, -0.2) is 17.4 Å². The molecule has 1 aromatic heterocycles. The number of nitrogens with two attached hydrogens (primary N) is 1. The summed E-state index contributed by atoms with van der Waals surface area (Å²) in [5, 5.41) is 5.17. The summed E-state index contributed by atoms with van der Waals surface area (Å²) in [7, 11) is 0. The first kappa shape index (κ1) is 16.4. The van der Waals surface area contributed by atoms with E-state index in [1.54, 1.807) is 11.3 Å². The number of amides is 1. The van der Waals surface area contributed by atoms with Crippen molar-refractivity contribution in [2.45, 2.75) is 51.4 Å². The molecule has 1 heterocycles. The Morgan fingerprint density at radius 1 is 1.43 bits per heavy atom. The molecule has 3 N–H and O–H groups in total. The van der Waals surface area contributed by atoms with Gasteiger partial charge in [-0.2, -0.15) is 0 Å². The van der Waals surface area contributed by atoms with E-state index in [0.717, 1.165) is 25.7 Å². The summed E-state index contributed by atoms with van der Waals surface area (Å²) in [6.45, 7) is 4.90. The van der Waals surface area contributed by atoms with Crippen molar-refractivity contribution in [3.8, 4) is 0 Å². The molecule has 1 fully saturated rings. The summed E-state index contributed by atoms with van der Waals surface area (Å²) < 4.78 is 0. The first-order valence-corrected chi connectivity index (χ1v) is 8.79. The number of thiocarbonyl (C=S) groups is 1. The van der Waals surface area contributed by atoms with E-state index in [1.165, 1.54) is 11.3 Å². The van der Waals surface area contributed by atoms with E-state index >= 15 is 0 Å². The zero-order valence-corrected chi connectivity index (χ0v) is 14.4. The summed E-state index contributed by atoms with van der Waals surface area (Å²) in [5.74, 6) is 0.0133. The van der Waals surface area contributed by atoms with Gasteiger partial charge in [-0.05, 0) is 24.3 Å². The van der Waals surface area contributed by atoms with Gasteiger partial charge in [0, 0.05) is 16.8 Å². The van der Waals surface area contributed by atoms with Crippen LogP contribution in [0.15, 0.2) is 17.5 Å². The number of carbonyl (C=O) groups excluding carboxylic acids is 1. The summed E-state index contributed by atoms with van der Waals surface area (Å²) in [4.78, 5) is 14.3. The molecule has 0 bridgehead atoms. The second kappa shape index (κ2) is 6.44. The largest absolute Gasteiger partial charge is 0.392 e. The minimum absolute atomic E-state index is 0.0133. The van der Waals surface area contributed by atoms with Crippen LogP contribution in [0.25, 0.3) is 0 Å². The lowest BCUT2D eigenvalue weighted by molar-refractivity contribution is -0.129. The van der Waals surface area contributed by atoms with Gasteiger partial charge in [-0.1, -0.05) is 51.4 Å². The van der Waals surface area contributed by atoms with Crippen molar-refractivity contribution < 1.29 is 4.79 Å². The number of nitrogens with one attached hydrogen (secondary N) is 1. The topological polar surface area (TPSA) is 55.1 Å². The van der Waals surface area contributed by atoms with E-state index < -0.39 is 5.41 Å². The molecule has 0 saturated heterocycles. The Bertz CT molecular complexity index is 502. The smallest absolute Gasteiger partial charge is 0.233 e. The van der Waals surface area contributed by atoms with Crippen LogP contribution in [0.4, 0.5) is 0 Å². The van der Waals surface area contributed by atoms with Crippen LogP contribution < -0.4 is 11.1 Å². The summed E-state index contributed by atoms with van der Waals surface area (Å²) in [6.07, 6.45) is 4.79. The van der Waals surface area contributed by atoms with Crippen LogP contribution in [-0.2, 0) is 10.2 Å². The van der Waals surface area contributed by atoms with Crippen molar-refractivity contribution in [3.05, 3.63) is 22.4 Å². The molecule has 3 nitrogen and oxygen atoms in total. The second-order valence-corrected chi connectivity index (χ2v) is 7.94. The van der Waals surface area contributed by atoms with Crippen LogP contribution in [0.2, 0.25) is 0 Å². The van der Waals surface area contributed by atoms with Gasteiger partial charge >= 0.3 is 0 Å². The highest BCUT2D eigenvalue weighted by molar-refractivity contribution is 7.80. The maximum atomic E-state index is 12.7. The molecule has 0 atom stereocenters. The van der Waals surface area contributed by atoms with E-state index in [1.807, 2.05) is 6.07 Å². The lowest BCUT2D eigenvalue weighted by Crippen LogP contribution is -2.52. The maximum Gasteiger partial charge on any atom is 0.233 e. The highest BCUT2D eigenvalue weighted by Gasteiger charge is 2.42. The summed E-state index contributed by atoms with van der Waals surface area (Å²) in [6, 6.07) is 4.15. The average Bonchev–Trinajstić information content (AvgIpc) is 3.00. The first-order chi connectivity index (χ1) is 9.88. The Balaban J connectivity index is 2.04. The molecule has 1 amide bonds. The number of hydrogen-bond donors (Lipinski definition) is 2. The van der Waals surface area contributed by atoms with Gasteiger partial charge in [-0.3, -0.25) is 4.79 Å². The minimum atomic E-state index is -0.626. The van der Waals surface area contributed by atoms with Crippen molar-refractivity contribution >= 4 is 34.5 Å². The molecule has 0 unspecified atom stereocenters. The van der Waals surface area contributed by atoms with Crippen molar-refractivity contribution in [3.63, 3.8) is 0 Å². The molecule has 21 heavy (non-hydrogen) atoms. The Morgan fingerprint density at radius 3 is 2.62 bits per heavy atom. The zero-order valence-electron chi connectivity index (χ0n) is 12.8. The predicted molar refractivity (Wildman–Crippen MR) is 92.7 cm³/mol. The summed E-state index contributed by atoms with van der Waals surface area (Å²) in [5.41, 5.74) is 5.21. The molecule has 5 heteroatoms. The standard InChI is InChI=1S/C16H24N2OS2/c1-15(2,12-7-6-10-21-12)11-18-14(19)16(13(17)20)8-4-3-5-9-16/h6-7,10H,3-5,8-9,11H2,1-2H3,(H2,17,20)(H,18,19). The van der Waals surface area contributed by atoms with Crippen LogP contribution in [0.1, 0.15) is 50.8 Å². The fourth-order valence-corrected chi connectivity index (χ4v) is 4.11. The fourth-order valence-electron chi connectivity index (χ4n) is 2.96. The van der Waals surface area contributed by atoms with Gasteiger partial charge in [-0.15, -0.1) is 11.3 Å². The third-order valence-electron chi connectivity index (χ3n) is 4.49. The second-order valence-electron chi connectivity index (χ2n) is 6.55. The Hall–Kier alpha value is -0.940. The molecular weight excluding hydrogens is 300 g/mol. The highest BCUT2D eigenvalue weighted by atomic mass is 32.1. The molecule has 1 saturated carbocycles. The van der Waals surface area contributed by atoms with Gasteiger partial charge in [0.2, 0.25) is 5.91 Å². The SMILES string of the molecule is CC(C)(CNC(=O)C1(C(N)=S)CCCCC1)c1cccs1. The number of hydrogen-bond acceptors (Lipinski definition) is 3. The average molecular weight is 325 g/mol. The van der Waals surface area contributed by atoms with E-state index in [-0.39, 0.29) is 11.3 Å². The lowest BCUT2D eigenvalue weighted by Gasteiger charge is -2.36. The van der Waals surface area contributed by atoms with Crippen LogP contribution >= 0.6 is 23.6 Å². The minimum Gasteiger partial charge on any atom is -0.392 e. The van der Waals surface area contributed by atoms with Crippen LogP contribution in [0.3, 0.4) is 0 Å². The maximum absolute atomic E-state index is 12.7. The Labute approximate surface area is 136 Å². The van der Waals surface area contributed by atoms with E-state index in [0.29, 0.717) is 11.5 Å². The monoisotopic (exact) mass is 324 g/mol. The van der Waals surface area contributed by atoms with Crippen molar-refractivity contribution in [1.29, 1.82) is 0 Å². The molecule has 0 aromatic carbocycles. The van der Waals surface area contributed by atoms with Crippen LogP contribution in [0.5, 0.6) is 0 Å². The normalized spacial score (nSPS) is 18.2. The molecule has 1 aromatic rings. The van der Waals surface area contributed by atoms with E-state index in [4.69, 9.17) is 18.0 Å². The molecule has 2 rings (SSSR count). The predicted octanol–water partition coefficient (Wildman–Crippen LogP) is 3.38. The van der Waals surface area contributed by atoms with Gasteiger partial charge in [0.25, 0.3) is 0 Å². The van der Waals surface area contributed by atoms with E-state index in [9.17, 15) is 4.79 Å².